The number of fused-ring (bicyclic) bond motifs is 1. The minimum Gasteiger partial charge on any atom is -0.464 e. The zero-order valence-corrected chi connectivity index (χ0v) is 8.16. The fraction of sp³-hybridized carbons (Fsp3) is 0.273. The number of aryl methyl sites for hydroxylation is 1. The first-order valence-corrected chi connectivity index (χ1v) is 4.33. The van der Waals surface area contributed by atoms with Gasteiger partial charge in [0.15, 0.2) is 0 Å². The van der Waals surface area contributed by atoms with Gasteiger partial charge < -0.3 is 9.32 Å². The smallest absolute Gasteiger partial charge is 0.134 e. The van der Waals surface area contributed by atoms with E-state index in [-0.39, 0.29) is 0 Å². The molecule has 0 radical (unpaired) electrons. The molecular formula is C11H13NO. The van der Waals surface area contributed by atoms with Crippen molar-refractivity contribution >= 4 is 16.7 Å². The molecule has 0 bridgehead atoms. The Morgan fingerprint density at radius 1 is 1.23 bits per heavy atom. The van der Waals surface area contributed by atoms with Crippen LogP contribution in [-0.4, -0.2) is 14.1 Å². The number of benzene rings is 1. The maximum Gasteiger partial charge on any atom is 0.134 e. The van der Waals surface area contributed by atoms with E-state index >= 15 is 0 Å². The normalized spacial score (nSPS) is 10.7. The highest BCUT2D eigenvalue weighted by molar-refractivity contribution is 5.84. The molecule has 0 N–H and O–H groups in total. The first-order valence-electron chi connectivity index (χ1n) is 4.33. The molecule has 0 saturated carbocycles. The molecule has 13 heavy (non-hydrogen) atoms. The van der Waals surface area contributed by atoms with E-state index in [0.29, 0.717) is 0 Å². The molecule has 0 unspecified atom stereocenters. The lowest BCUT2D eigenvalue weighted by Gasteiger charge is -2.11. The van der Waals surface area contributed by atoms with Gasteiger partial charge in [0, 0.05) is 25.2 Å². The Hall–Kier alpha value is -1.44. The van der Waals surface area contributed by atoms with Crippen molar-refractivity contribution in [3.63, 3.8) is 0 Å². The molecule has 0 amide bonds. The van der Waals surface area contributed by atoms with Crippen LogP contribution in [0.15, 0.2) is 28.9 Å². The molecule has 0 saturated heterocycles. The Morgan fingerprint density at radius 3 is 2.69 bits per heavy atom. The summed E-state index contributed by atoms with van der Waals surface area (Å²) in [7, 11) is 4.08. The van der Waals surface area contributed by atoms with E-state index < -0.39 is 0 Å². The number of hydrogen-bond acceptors (Lipinski definition) is 2. The monoisotopic (exact) mass is 175 g/mol. The number of anilines is 1. The summed E-state index contributed by atoms with van der Waals surface area (Å²) in [6.07, 6.45) is 1.80. The van der Waals surface area contributed by atoms with Gasteiger partial charge in [0.2, 0.25) is 0 Å². The third-order valence-electron chi connectivity index (χ3n) is 2.27. The van der Waals surface area contributed by atoms with E-state index in [0.717, 1.165) is 5.58 Å². The molecule has 1 aromatic heterocycles. The van der Waals surface area contributed by atoms with Crippen LogP contribution < -0.4 is 4.90 Å². The Bertz CT molecular complexity index is 429. The van der Waals surface area contributed by atoms with E-state index in [1.54, 1.807) is 6.26 Å². The second-order valence-corrected chi connectivity index (χ2v) is 3.49. The van der Waals surface area contributed by atoms with Gasteiger partial charge >= 0.3 is 0 Å². The largest absolute Gasteiger partial charge is 0.464 e. The Labute approximate surface area is 77.8 Å². The lowest BCUT2D eigenvalue weighted by molar-refractivity contribution is 0.613. The molecule has 0 spiro atoms. The third kappa shape index (κ3) is 1.28. The Morgan fingerprint density at radius 2 is 2.00 bits per heavy atom. The third-order valence-corrected chi connectivity index (χ3v) is 2.27. The highest BCUT2D eigenvalue weighted by atomic mass is 16.3. The molecule has 0 fully saturated rings. The molecule has 2 rings (SSSR count). The molecule has 1 heterocycles. The van der Waals surface area contributed by atoms with Crippen LogP contribution in [0.1, 0.15) is 5.56 Å². The zero-order chi connectivity index (χ0) is 9.42. The van der Waals surface area contributed by atoms with Crippen molar-refractivity contribution < 1.29 is 4.42 Å². The van der Waals surface area contributed by atoms with E-state index in [1.807, 2.05) is 20.2 Å². The maximum absolute atomic E-state index is 5.36. The topological polar surface area (TPSA) is 16.4 Å². The van der Waals surface area contributed by atoms with Gasteiger partial charge in [-0.25, -0.2) is 0 Å². The van der Waals surface area contributed by atoms with Crippen molar-refractivity contribution in [1.29, 1.82) is 0 Å². The molecule has 68 valence electrons. The second kappa shape index (κ2) is 2.80. The van der Waals surface area contributed by atoms with Crippen molar-refractivity contribution in [2.75, 3.05) is 19.0 Å². The van der Waals surface area contributed by atoms with Crippen molar-refractivity contribution in [2.24, 2.45) is 0 Å². The first kappa shape index (κ1) is 8.17. The molecule has 1 aromatic carbocycles. The van der Waals surface area contributed by atoms with Crippen molar-refractivity contribution in [1.82, 2.24) is 0 Å². The van der Waals surface area contributed by atoms with E-state index in [9.17, 15) is 0 Å². The summed E-state index contributed by atoms with van der Waals surface area (Å²) >= 11 is 0. The van der Waals surface area contributed by atoms with Crippen LogP contribution >= 0.6 is 0 Å². The Balaban J connectivity index is 2.66. The Kier molecular flexibility index (Phi) is 1.76. The van der Waals surface area contributed by atoms with Gasteiger partial charge in [0.25, 0.3) is 0 Å². The maximum atomic E-state index is 5.36. The fourth-order valence-electron chi connectivity index (χ4n) is 1.42. The highest BCUT2D eigenvalue weighted by Crippen LogP contribution is 2.24. The predicted molar refractivity (Wildman–Crippen MR) is 55.3 cm³/mol. The molecule has 0 aliphatic rings. The van der Waals surface area contributed by atoms with Crippen molar-refractivity contribution in [3.05, 3.63) is 30.0 Å². The number of rotatable bonds is 1. The van der Waals surface area contributed by atoms with Crippen molar-refractivity contribution in [2.45, 2.75) is 6.92 Å². The SMILES string of the molecule is Cc1coc2ccc(N(C)C)cc12. The average molecular weight is 175 g/mol. The number of furan rings is 1. The molecule has 2 aromatic rings. The van der Waals surface area contributed by atoms with Crippen LogP contribution in [0.4, 0.5) is 5.69 Å². The first-order chi connectivity index (χ1) is 6.18. The van der Waals surface area contributed by atoms with Gasteiger partial charge in [0.1, 0.15) is 5.58 Å². The summed E-state index contributed by atoms with van der Waals surface area (Å²) in [5.74, 6) is 0. The van der Waals surface area contributed by atoms with Crippen LogP contribution in [0.2, 0.25) is 0 Å². The van der Waals surface area contributed by atoms with E-state index in [1.165, 1.54) is 16.6 Å². The molecular weight excluding hydrogens is 162 g/mol. The summed E-state index contributed by atoms with van der Waals surface area (Å²) in [5, 5.41) is 1.20. The number of nitrogens with zero attached hydrogens (tertiary/aromatic N) is 1. The van der Waals surface area contributed by atoms with Crippen LogP contribution in [0.3, 0.4) is 0 Å². The summed E-state index contributed by atoms with van der Waals surface area (Å²) in [6.45, 7) is 2.06. The minimum atomic E-state index is 0.961. The van der Waals surface area contributed by atoms with Gasteiger partial charge in [-0.1, -0.05) is 0 Å². The predicted octanol–water partition coefficient (Wildman–Crippen LogP) is 2.81. The van der Waals surface area contributed by atoms with Gasteiger partial charge in [-0.15, -0.1) is 0 Å². The average Bonchev–Trinajstić information content (AvgIpc) is 2.47. The second-order valence-electron chi connectivity index (χ2n) is 3.49. The van der Waals surface area contributed by atoms with Crippen molar-refractivity contribution in [3.8, 4) is 0 Å². The lowest BCUT2D eigenvalue weighted by Crippen LogP contribution is -2.07. The summed E-state index contributed by atoms with van der Waals surface area (Å²) < 4.78 is 5.36. The van der Waals surface area contributed by atoms with Gasteiger partial charge in [0.05, 0.1) is 6.26 Å². The van der Waals surface area contributed by atoms with E-state index in [4.69, 9.17) is 4.42 Å². The molecule has 0 aliphatic carbocycles. The van der Waals surface area contributed by atoms with Crippen LogP contribution in [0.5, 0.6) is 0 Å². The molecule has 2 heteroatoms. The van der Waals surface area contributed by atoms with Gasteiger partial charge in [-0.2, -0.15) is 0 Å². The van der Waals surface area contributed by atoms with Gasteiger partial charge in [-0.05, 0) is 30.7 Å². The standard InChI is InChI=1S/C11H13NO/c1-8-7-13-11-5-4-9(12(2)3)6-10(8)11/h4-7H,1-3H3. The number of hydrogen-bond donors (Lipinski definition) is 0. The van der Waals surface area contributed by atoms with Crippen LogP contribution in [0.25, 0.3) is 11.0 Å². The summed E-state index contributed by atoms with van der Waals surface area (Å²) in [5.41, 5.74) is 3.36. The fourth-order valence-corrected chi connectivity index (χ4v) is 1.42. The summed E-state index contributed by atoms with van der Waals surface area (Å²) in [4.78, 5) is 2.09. The lowest BCUT2D eigenvalue weighted by atomic mass is 10.2. The van der Waals surface area contributed by atoms with Gasteiger partial charge in [-0.3, -0.25) is 0 Å². The quantitative estimate of drug-likeness (QED) is 0.662. The summed E-state index contributed by atoms with van der Waals surface area (Å²) in [6, 6.07) is 6.22. The van der Waals surface area contributed by atoms with E-state index in [2.05, 4.69) is 24.0 Å². The van der Waals surface area contributed by atoms with Crippen LogP contribution in [0, 0.1) is 6.92 Å². The molecule has 2 nitrogen and oxygen atoms in total. The van der Waals surface area contributed by atoms with Crippen LogP contribution in [-0.2, 0) is 0 Å². The molecule has 0 atom stereocenters. The zero-order valence-electron chi connectivity index (χ0n) is 8.16. The minimum absolute atomic E-state index is 0.961. The molecule has 0 aliphatic heterocycles. The highest BCUT2D eigenvalue weighted by Gasteiger charge is 2.03.